The van der Waals surface area contributed by atoms with E-state index in [1.807, 2.05) is 10.8 Å². The van der Waals surface area contributed by atoms with Gasteiger partial charge < -0.3 is 9.67 Å². The van der Waals surface area contributed by atoms with E-state index >= 15 is 0 Å². The van der Waals surface area contributed by atoms with Crippen LogP contribution in [-0.4, -0.2) is 29.3 Å². The van der Waals surface area contributed by atoms with Crippen molar-refractivity contribution in [1.82, 2.24) is 9.55 Å². The number of sulfone groups is 1. The summed E-state index contributed by atoms with van der Waals surface area (Å²) in [6, 6.07) is 6.33. The molecule has 5 nitrogen and oxygen atoms in total. The standard InChI is InChI=1S/C15H20N2O3S/c1-3-9-17-10-8-16-15(17)11-14(18)12-4-6-13(7-5-12)21(2,19)20/h4-8,10,14,18H,3,9,11H2,1-2H3. The molecule has 0 saturated heterocycles. The molecule has 0 spiro atoms. The van der Waals surface area contributed by atoms with Crippen LogP contribution in [0.3, 0.4) is 0 Å². The molecule has 114 valence electrons. The number of imidazole rings is 1. The first-order valence-electron chi connectivity index (χ1n) is 6.90. The van der Waals surface area contributed by atoms with Crippen molar-refractivity contribution in [2.45, 2.75) is 37.3 Å². The van der Waals surface area contributed by atoms with Crippen molar-refractivity contribution < 1.29 is 13.5 Å². The summed E-state index contributed by atoms with van der Waals surface area (Å²) in [7, 11) is -3.21. The number of benzene rings is 1. The van der Waals surface area contributed by atoms with Gasteiger partial charge in [-0.3, -0.25) is 0 Å². The third-order valence-corrected chi connectivity index (χ3v) is 4.46. The molecule has 0 bridgehead atoms. The van der Waals surface area contributed by atoms with E-state index in [0.717, 1.165) is 18.8 Å². The Morgan fingerprint density at radius 2 is 1.95 bits per heavy atom. The quantitative estimate of drug-likeness (QED) is 0.885. The Labute approximate surface area is 125 Å². The summed E-state index contributed by atoms with van der Waals surface area (Å²) in [5.74, 6) is 0.830. The first-order chi connectivity index (χ1) is 9.91. The van der Waals surface area contributed by atoms with Gasteiger partial charge in [-0.1, -0.05) is 19.1 Å². The second-order valence-corrected chi connectivity index (χ2v) is 7.11. The zero-order valence-electron chi connectivity index (χ0n) is 12.2. The summed E-state index contributed by atoms with van der Waals surface area (Å²) in [6.45, 7) is 2.96. The summed E-state index contributed by atoms with van der Waals surface area (Å²) in [5.41, 5.74) is 0.688. The van der Waals surface area contributed by atoms with Gasteiger partial charge in [-0.25, -0.2) is 13.4 Å². The molecule has 0 radical (unpaired) electrons. The molecule has 1 unspecified atom stereocenters. The van der Waals surface area contributed by atoms with Crippen molar-refractivity contribution in [2.24, 2.45) is 0 Å². The Hall–Kier alpha value is -1.66. The van der Waals surface area contributed by atoms with Gasteiger partial charge in [0, 0.05) is 31.6 Å². The maximum Gasteiger partial charge on any atom is 0.175 e. The predicted molar refractivity (Wildman–Crippen MR) is 80.7 cm³/mol. The number of rotatable bonds is 6. The third kappa shape index (κ3) is 3.92. The van der Waals surface area contributed by atoms with Crippen molar-refractivity contribution >= 4 is 9.84 Å². The summed E-state index contributed by atoms with van der Waals surface area (Å²) in [4.78, 5) is 4.52. The zero-order chi connectivity index (χ0) is 15.5. The van der Waals surface area contributed by atoms with E-state index in [9.17, 15) is 13.5 Å². The van der Waals surface area contributed by atoms with E-state index in [2.05, 4.69) is 11.9 Å². The smallest absolute Gasteiger partial charge is 0.175 e. The first kappa shape index (κ1) is 15.7. The van der Waals surface area contributed by atoms with Gasteiger partial charge >= 0.3 is 0 Å². The van der Waals surface area contributed by atoms with E-state index in [0.29, 0.717) is 12.0 Å². The lowest BCUT2D eigenvalue weighted by Gasteiger charge is -2.12. The molecule has 1 aromatic heterocycles. The van der Waals surface area contributed by atoms with Crippen LogP contribution < -0.4 is 0 Å². The summed E-state index contributed by atoms with van der Waals surface area (Å²) >= 11 is 0. The van der Waals surface area contributed by atoms with E-state index < -0.39 is 15.9 Å². The van der Waals surface area contributed by atoms with Gasteiger partial charge in [0.05, 0.1) is 11.0 Å². The lowest BCUT2D eigenvalue weighted by Crippen LogP contribution is -2.09. The fraction of sp³-hybridized carbons (Fsp3) is 0.400. The number of aliphatic hydroxyl groups is 1. The molecular weight excluding hydrogens is 288 g/mol. The van der Waals surface area contributed by atoms with Gasteiger partial charge in [0.25, 0.3) is 0 Å². The minimum atomic E-state index is -3.21. The van der Waals surface area contributed by atoms with E-state index in [4.69, 9.17) is 0 Å². The molecular formula is C15H20N2O3S. The number of aromatic nitrogens is 2. The highest BCUT2D eigenvalue weighted by molar-refractivity contribution is 7.90. The van der Waals surface area contributed by atoms with Crippen LogP contribution in [0.4, 0.5) is 0 Å². The number of hydrogen-bond acceptors (Lipinski definition) is 4. The monoisotopic (exact) mass is 308 g/mol. The Kier molecular flexibility index (Phi) is 4.80. The number of nitrogens with zero attached hydrogens (tertiary/aromatic N) is 2. The van der Waals surface area contributed by atoms with Crippen LogP contribution in [0.25, 0.3) is 0 Å². The van der Waals surface area contributed by atoms with E-state index in [1.165, 1.54) is 18.4 Å². The Bertz CT molecular complexity index is 690. The fourth-order valence-corrected chi connectivity index (χ4v) is 2.83. The molecule has 0 fully saturated rings. The highest BCUT2D eigenvalue weighted by Gasteiger charge is 2.14. The van der Waals surface area contributed by atoms with Gasteiger partial charge in [-0.2, -0.15) is 0 Å². The number of aliphatic hydroxyl groups excluding tert-OH is 1. The van der Waals surface area contributed by atoms with Crippen molar-refractivity contribution in [3.05, 3.63) is 48.0 Å². The minimum Gasteiger partial charge on any atom is -0.388 e. The van der Waals surface area contributed by atoms with Crippen molar-refractivity contribution in [2.75, 3.05) is 6.26 Å². The molecule has 2 aromatic rings. The topological polar surface area (TPSA) is 72.2 Å². The largest absolute Gasteiger partial charge is 0.388 e. The van der Waals surface area contributed by atoms with Crippen LogP contribution >= 0.6 is 0 Å². The van der Waals surface area contributed by atoms with Crippen molar-refractivity contribution in [3.8, 4) is 0 Å². The molecule has 0 saturated carbocycles. The zero-order valence-corrected chi connectivity index (χ0v) is 13.0. The van der Waals surface area contributed by atoms with Crippen molar-refractivity contribution in [3.63, 3.8) is 0 Å². The fourth-order valence-electron chi connectivity index (χ4n) is 2.20. The molecule has 1 aromatic carbocycles. The summed E-state index contributed by atoms with van der Waals surface area (Å²) in [6.07, 6.45) is 5.51. The van der Waals surface area contributed by atoms with Crippen LogP contribution in [0.15, 0.2) is 41.6 Å². The molecule has 6 heteroatoms. The second kappa shape index (κ2) is 6.41. The van der Waals surface area contributed by atoms with E-state index in [-0.39, 0.29) is 4.90 Å². The van der Waals surface area contributed by atoms with Crippen LogP contribution in [0, 0.1) is 0 Å². The number of hydrogen-bond donors (Lipinski definition) is 1. The average Bonchev–Trinajstić information content (AvgIpc) is 2.86. The molecule has 1 heterocycles. The van der Waals surface area contributed by atoms with Crippen LogP contribution in [0.2, 0.25) is 0 Å². The van der Waals surface area contributed by atoms with Gasteiger partial charge in [-0.05, 0) is 24.1 Å². The minimum absolute atomic E-state index is 0.255. The SMILES string of the molecule is CCCn1ccnc1CC(O)c1ccc(S(C)(=O)=O)cc1. The summed E-state index contributed by atoms with van der Waals surface area (Å²) < 4.78 is 24.8. The van der Waals surface area contributed by atoms with Crippen molar-refractivity contribution in [1.29, 1.82) is 0 Å². The molecule has 1 N–H and O–H groups in total. The highest BCUT2D eigenvalue weighted by Crippen LogP contribution is 2.20. The maximum absolute atomic E-state index is 11.4. The van der Waals surface area contributed by atoms with Gasteiger partial charge in [-0.15, -0.1) is 0 Å². The maximum atomic E-state index is 11.4. The lowest BCUT2D eigenvalue weighted by molar-refractivity contribution is 0.174. The molecule has 0 aliphatic rings. The first-order valence-corrected chi connectivity index (χ1v) is 8.79. The molecule has 0 aliphatic carbocycles. The molecule has 0 aliphatic heterocycles. The van der Waals surface area contributed by atoms with Gasteiger partial charge in [0.15, 0.2) is 9.84 Å². The summed E-state index contributed by atoms with van der Waals surface area (Å²) in [5, 5.41) is 10.3. The highest BCUT2D eigenvalue weighted by atomic mass is 32.2. The molecule has 1 atom stereocenters. The Morgan fingerprint density at radius 3 is 2.52 bits per heavy atom. The third-order valence-electron chi connectivity index (χ3n) is 3.34. The molecule has 2 rings (SSSR count). The molecule has 0 amide bonds. The average molecular weight is 308 g/mol. The number of aryl methyl sites for hydroxylation is 1. The predicted octanol–water partition coefficient (Wildman–Crippen LogP) is 1.97. The van der Waals surface area contributed by atoms with Crippen LogP contribution in [-0.2, 0) is 22.8 Å². The van der Waals surface area contributed by atoms with Gasteiger partial charge in [0.2, 0.25) is 0 Å². The Morgan fingerprint density at radius 1 is 1.29 bits per heavy atom. The molecule has 21 heavy (non-hydrogen) atoms. The van der Waals surface area contributed by atoms with Crippen LogP contribution in [0.1, 0.15) is 30.8 Å². The second-order valence-electron chi connectivity index (χ2n) is 5.10. The van der Waals surface area contributed by atoms with Gasteiger partial charge in [0.1, 0.15) is 5.82 Å². The van der Waals surface area contributed by atoms with E-state index in [1.54, 1.807) is 18.3 Å². The normalized spacial score (nSPS) is 13.3. The Balaban J connectivity index is 2.13. The van der Waals surface area contributed by atoms with Crippen LogP contribution in [0.5, 0.6) is 0 Å². The lowest BCUT2D eigenvalue weighted by atomic mass is 10.1.